The lowest BCUT2D eigenvalue weighted by atomic mass is 9.98. The molecule has 2 atom stereocenters. The van der Waals surface area contributed by atoms with Crippen molar-refractivity contribution in [2.24, 2.45) is 11.0 Å². The Kier molecular flexibility index (Phi) is 12.6. The third kappa shape index (κ3) is 9.28. The summed E-state index contributed by atoms with van der Waals surface area (Å²) in [6.07, 6.45) is -1.40. The maximum Gasteiger partial charge on any atom is 0.409 e. The van der Waals surface area contributed by atoms with Crippen molar-refractivity contribution in [2.75, 3.05) is 32.1 Å². The summed E-state index contributed by atoms with van der Waals surface area (Å²) in [6, 6.07) is 19.1. The van der Waals surface area contributed by atoms with Crippen LogP contribution in [0.25, 0.3) is 21.6 Å². The van der Waals surface area contributed by atoms with Crippen LogP contribution in [0.1, 0.15) is 48.9 Å². The van der Waals surface area contributed by atoms with Gasteiger partial charge in [-0.1, -0.05) is 73.6 Å². The second kappa shape index (κ2) is 17.0. The molecule has 0 fully saturated rings. The number of hydrogen-bond donors (Lipinski definition) is 4. The van der Waals surface area contributed by atoms with Gasteiger partial charge < -0.3 is 35.4 Å². The van der Waals surface area contributed by atoms with E-state index in [4.69, 9.17) is 15.0 Å². The number of amides is 4. The highest BCUT2D eigenvalue weighted by Gasteiger charge is 2.30. The molecule has 0 saturated carbocycles. The van der Waals surface area contributed by atoms with Crippen LogP contribution >= 0.6 is 0 Å². The molecule has 1 aliphatic carbocycles. The number of nitrogens with one attached hydrogen (secondary N) is 3. The highest BCUT2D eigenvalue weighted by atomic mass is 16.6. The first-order valence-corrected chi connectivity index (χ1v) is 15.9. The van der Waals surface area contributed by atoms with Crippen LogP contribution in [0.4, 0.5) is 15.3 Å². The zero-order valence-electron chi connectivity index (χ0n) is 27.9. The fraction of sp³-hybridized carbons (Fsp3) is 0.371. The molecule has 4 amide bonds. The number of benzene rings is 3. The number of hydrogen-bond acceptors (Lipinski definition) is 8. The quantitative estimate of drug-likeness (QED) is 0.0795. The Hall–Kier alpha value is -5.59. The Balaban J connectivity index is 1.34. The molecule has 0 heterocycles. The molecule has 0 bridgehead atoms. The number of rotatable bonds is 14. The van der Waals surface area contributed by atoms with Crippen molar-refractivity contribution >= 4 is 29.7 Å². The number of carbonyl (C=O) groups is 4. The Morgan fingerprint density at radius 1 is 0.918 bits per heavy atom. The standard InChI is InChI=1S/C35H41N7O7/c1-21(2)31(40-34(46)48-16-15-37-41-36)33(45)38-22(3)32(44)39-25-14-13-23(19-43)24(17-25)18-42(4)35(47)49-20-30-28-11-7-5-9-26(28)27-10-6-8-12-29(27)30/h5-14,17,21-22,30-31,43H,15-16,18-20H2,1-4H3,(H,38,45)(H,39,44)(H,40,46)/t22-,31-/m0/s1. The lowest BCUT2D eigenvalue weighted by molar-refractivity contribution is -0.128. The van der Waals surface area contributed by atoms with Crippen molar-refractivity contribution < 1.29 is 33.8 Å². The SMILES string of the molecule is CC(C)[C@H](NC(=O)OCCN=[N+]=[N-])C(=O)N[C@@H](C)C(=O)Nc1ccc(CO)c(CN(C)C(=O)OCC2c3ccccc3-c3ccccc32)c1. The van der Waals surface area contributed by atoms with Crippen molar-refractivity contribution in [3.8, 4) is 11.1 Å². The fourth-order valence-electron chi connectivity index (χ4n) is 5.58. The van der Waals surface area contributed by atoms with E-state index in [1.165, 1.54) is 11.8 Å². The van der Waals surface area contributed by atoms with Gasteiger partial charge in [-0.15, -0.1) is 0 Å². The van der Waals surface area contributed by atoms with E-state index in [0.717, 1.165) is 22.3 Å². The number of anilines is 1. The smallest absolute Gasteiger partial charge is 0.409 e. The second-order valence-electron chi connectivity index (χ2n) is 12.0. The first-order chi connectivity index (χ1) is 23.5. The summed E-state index contributed by atoms with van der Waals surface area (Å²) in [7, 11) is 1.60. The lowest BCUT2D eigenvalue weighted by Crippen LogP contribution is -2.53. The molecular weight excluding hydrogens is 630 g/mol. The van der Waals surface area contributed by atoms with Crippen LogP contribution in [0.5, 0.6) is 0 Å². The predicted molar refractivity (Wildman–Crippen MR) is 182 cm³/mol. The van der Waals surface area contributed by atoms with Crippen LogP contribution in [-0.2, 0) is 32.2 Å². The maximum absolute atomic E-state index is 13.1. The fourth-order valence-corrected chi connectivity index (χ4v) is 5.58. The molecule has 14 nitrogen and oxygen atoms in total. The number of carbonyl (C=O) groups excluding carboxylic acids is 4. The number of aliphatic hydroxyl groups excluding tert-OH is 1. The third-order valence-corrected chi connectivity index (χ3v) is 8.16. The van der Waals surface area contributed by atoms with Gasteiger partial charge in [-0.05, 0) is 63.9 Å². The van der Waals surface area contributed by atoms with Gasteiger partial charge in [0.15, 0.2) is 0 Å². The van der Waals surface area contributed by atoms with Gasteiger partial charge in [-0.2, -0.15) is 0 Å². The molecule has 14 heteroatoms. The molecule has 3 aromatic rings. The van der Waals surface area contributed by atoms with Gasteiger partial charge in [0.1, 0.15) is 18.7 Å². The molecule has 0 saturated heterocycles. The molecule has 0 aliphatic heterocycles. The van der Waals surface area contributed by atoms with Gasteiger partial charge in [-0.3, -0.25) is 9.59 Å². The molecule has 4 rings (SSSR count). The van der Waals surface area contributed by atoms with Gasteiger partial charge in [0, 0.05) is 30.1 Å². The minimum Gasteiger partial charge on any atom is -0.449 e. The number of nitrogens with zero attached hydrogens (tertiary/aromatic N) is 4. The van der Waals surface area contributed by atoms with Gasteiger partial charge in [0.25, 0.3) is 0 Å². The first kappa shape index (κ1) is 36.2. The van der Waals surface area contributed by atoms with Crippen molar-refractivity contribution in [1.29, 1.82) is 0 Å². The summed E-state index contributed by atoms with van der Waals surface area (Å²) in [6.45, 7) is 4.71. The third-order valence-electron chi connectivity index (χ3n) is 8.16. The van der Waals surface area contributed by atoms with Crippen molar-refractivity contribution in [3.05, 3.63) is 99.4 Å². The van der Waals surface area contributed by atoms with Gasteiger partial charge in [-0.25, -0.2) is 9.59 Å². The lowest BCUT2D eigenvalue weighted by Gasteiger charge is -2.24. The first-order valence-electron chi connectivity index (χ1n) is 15.9. The molecule has 0 spiro atoms. The molecule has 0 aromatic heterocycles. The number of alkyl carbamates (subject to hydrolysis) is 1. The Morgan fingerprint density at radius 3 is 2.18 bits per heavy atom. The second-order valence-corrected chi connectivity index (χ2v) is 12.0. The van der Waals surface area contributed by atoms with E-state index < -0.39 is 36.1 Å². The largest absolute Gasteiger partial charge is 0.449 e. The van der Waals surface area contributed by atoms with Crippen molar-refractivity contribution in [3.63, 3.8) is 0 Å². The van der Waals surface area contributed by atoms with Crippen LogP contribution in [0, 0.1) is 5.92 Å². The Morgan fingerprint density at radius 2 is 1.57 bits per heavy atom. The minimum atomic E-state index is -0.994. The molecule has 258 valence electrons. The van der Waals surface area contributed by atoms with E-state index in [2.05, 4.69) is 38.1 Å². The van der Waals surface area contributed by atoms with E-state index in [-0.39, 0.29) is 44.7 Å². The van der Waals surface area contributed by atoms with E-state index in [1.807, 2.05) is 36.4 Å². The highest BCUT2D eigenvalue weighted by Crippen LogP contribution is 2.44. The van der Waals surface area contributed by atoms with Crippen LogP contribution < -0.4 is 16.0 Å². The van der Waals surface area contributed by atoms with Crippen LogP contribution in [-0.4, -0.2) is 72.9 Å². The highest BCUT2D eigenvalue weighted by molar-refractivity contribution is 5.98. The molecule has 0 radical (unpaired) electrons. The summed E-state index contributed by atoms with van der Waals surface area (Å²) in [5, 5.41) is 21.1. The average molecular weight is 672 g/mol. The zero-order chi connectivity index (χ0) is 35.5. The molecule has 1 aliphatic rings. The van der Waals surface area contributed by atoms with Crippen LogP contribution in [0.2, 0.25) is 0 Å². The van der Waals surface area contributed by atoms with Crippen LogP contribution in [0.15, 0.2) is 71.8 Å². The van der Waals surface area contributed by atoms with Crippen molar-refractivity contribution in [2.45, 2.75) is 51.9 Å². The van der Waals surface area contributed by atoms with E-state index >= 15 is 0 Å². The number of aliphatic hydroxyl groups is 1. The molecule has 4 N–H and O–H groups in total. The number of azide groups is 1. The maximum atomic E-state index is 13.1. The van der Waals surface area contributed by atoms with E-state index in [1.54, 1.807) is 39.1 Å². The van der Waals surface area contributed by atoms with Gasteiger partial charge in [0.2, 0.25) is 11.8 Å². The summed E-state index contributed by atoms with van der Waals surface area (Å²) in [5.41, 5.74) is 14.3. The minimum absolute atomic E-state index is 0.0492. The predicted octanol–water partition coefficient (Wildman–Crippen LogP) is 5.06. The zero-order valence-corrected chi connectivity index (χ0v) is 27.9. The normalized spacial score (nSPS) is 12.9. The van der Waals surface area contributed by atoms with Gasteiger partial charge in [0.05, 0.1) is 19.8 Å². The topological polar surface area (TPSA) is 195 Å². The van der Waals surface area contributed by atoms with Crippen molar-refractivity contribution in [1.82, 2.24) is 15.5 Å². The summed E-state index contributed by atoms with van der Waals surface area (Å²) in [4.78, 5) is 55.2. The molecule has 3 aromatic carbocycles. The van der Waals surface area contributed by atoms with E-state index in [0.29, 0.717) is 16.8 Å². The molecule has 0 unspecified atom stereocenters. The van der Waals surface area contributed by atoms with E-state index in [9.17, 15) is 24.3 Å². The molecule has 49 heavy (non-hydrogen) atoms. The summed E-state index contributed by atoms with van der Waals surface area (Å²) >= 11 is 0. The Labute approximate surface area is 284 Å². The number of ether oxygens (including phenoxy) is 2. The van der Waals surface area contributed by atoms with Gasteiger partial charge >= 0.3 is 12.2 Å². The Bertz CT molecular complexity index is 1680. The summed E-state index contributed by atoms with van der Waals surface area (Å²) < 4.78 is 10.7. The average Bonchev–Trinajstić information content (AvgIpc) is 3.41. The molecular formula is C35H41N7O7. The monoisotopic (exact) mass is 671 g/mol. The number of fused-ring (bicyclic) bond motifs is 3. The summed E-state index contributed by atoms with van der Waals surface area (Å²) in [5.74, 6) is -1.54. The van der Waals surface area contributed by atoms with Crippen LogP contribution in [0.3, 0.4) is 0 Å².